The highest BCUT2D eigenvalue weighted by Gasteiger charge is 2.08. The Morgan fingerprint density at radius 1 is 1.11 bits per heavy atom. The van der Waals surface area contributed by atoms with E-state index in [1.807, 2.05) is 0 Å². The van der Waals surface area contributed by atoms with Gasteiger partial charge in [0, 0.05) is 13.1 Å². The molecule has 0 aliphatic carbocycles. The summed E-state index contributed by atoms with van der Waals surface area (Å²) in [6.07, 6.45) is 7.16. The van der Waals surface area contributed by atoms with Crippen molar-refractivity contribution >= 4 is 6.03 Å². The normalized spacial score (nSPS) is 10.6. The van der Waals surface area contributed by atoms with Crippen molar-refractivity contribution < 1.29 is 14.6 Å². The van der Waals surface area contributed by atoms with E-state index < -0.39 is 6.03 Å². The van der Waals surface area contributed by atoms with Gasteiger partial charge >= 0.3 is 6.03 Å². The lowest BCUT2D eigenvalue weighted by molar-refractivity contribution is 0.0793. The number of ether oxygens (including phenoxy) is 1. The second-order valence-corrected chi connectivity index (χ2v) is 4.43. The molecule has 0 aromatic carbocycles. The van der Waals surface area contributed by atoms with Crippen molar-refractivity contribution in [2.75, 3.05) is 32.9 Å². The van der Waals surface area contributed by atoms with Gasteiger partial charge in [-0.15, -0.1) is 0 Å². The number of aliphatic hydroxyl groups excluding tert-OH is 1. The van der Waals surface area contributed by atoms with Gasteiger partial charge in [0.05, 0.1) is 19.8 Å². The molecule has 0 atom stereocenters. The Morgan fingerprint density at radius 2 is 1.78 bits per heavy atom. The summed E-state index contributed by atoms with van der Waals surface area (Å²) in [5.41, 5.74) is 5.30. The van der Waals surface area contributed by atoms with E-state index in [4.69, 9.17) is 15.6 Å². The minimum atomic E-state index is -0.392. The van der Waals surface area contributed by atoms with Gasteiger partial charge in [-0.05, 0) is 6.42 Å². The zero-order chi connectivity index (χ0) is 13.6. The van der Waals surface area contributed by atoms with Crippen LogP contribution in [-0.4, -0.2) is 48.9 Å². The highest BCUT2D eigenvalue weighted by atomic mass is 16.5. The topological polar surface area (TPSA) is 75.8 Å². The summed E-state index contributed by atoms with van der Waals surface area (Å²) in [5, 5.41) is 8.55. The summed E-state index contributed by atoms with van der Waals surface area (Å²) in [6, 6.07) is -0.392. The van der Waals surface area contributed by atoms with Gasteiger partial charge in [0.25, 0.3) is 0 Å². The number of aliphatic hydroxyl groups is 1. The van der Waals surface area contributed by atoms with E-state index in [0.29, 0.717) is 26.3 Å². The van der Waals surface area contributed by atoms with Crippen LogP contribution in [0.15, 0.2) is 0 Å². The Kier molecular flexibility index (Phi) is 12.1. The SMILES string of the molecule is CCCCCCCCN(CCOCCO)C(N)=O. The van der Waals surface area contributed by atoms with Gasteiger partial charge in [0.1, 0.15) is 0 Å². The fraction of sp³-hybridized carbons (Fsp3) is 0.923. The van der Waals surface area contributed by atoms with E-state index in [9.17, 15) is 4.79 Å². The molecular weight excluding hydrogens is 232 g/mol. The van der Waals surface area contributed by atoms with E-state index in [1.54, 1.807) is 4.90 Å². The molecule has 0 unspecified atom stereocenters. The van der Waals surface area contributed by atoms with E-state index in [2.05, 4.69) is 6.92 Å². The summed E-state index contributed by atoms with van der Waals surface area (Å²) >= 11 is 0. The smallest absolute Gasteiger partial charge is 0.314 e. The van der Waals surface area contributed by atoms with Crippen LogP contribution >= 0.6 is 0 Å². The lowest BCUT2D eigenvalue weighted by Gasteiger charge is -2.20. The number of nitrogens with zero attached hydrogens (tertiary/aromatic N) is 1. The second-order valence-electron chi connectivity index (χ2n) is 4.43. The molecule has 0 heterocycles. The highest BCUT2D eigenvalue weighted by molar-refractivity contribution is 5.71. The number of rotatable bonds is 12. The second kappa shape index (κ2) is 12.6. The minimum absolute atomic E-state index is 0.00794. The molecule has 0 saturated carbocycles. The standard InChI is InChI=1S/C13H28N2O3/c1-2-3-4-5-6-7-8-15(13(14)17)9-11-18-12-10-16/h16H,2-12H2,1H3,(H2,14,17). The predicted octanol–water partition coefficient (Wildman–Crippen LogP) is 1.74. The Bertz CT molecular complexity index is 201. The summed E-state index contributed by atoms with van der Waals surface area (Å²) in [7, 11) is 0. The van der Waals surface area contributed by atoms with Gasteiger partial charge in [-0.3, -0.25) is 0 Å². The Labute approximate surface area is 110 Å². The van der Waals surface area contributed by atoms with Gasteiger partial charge in [-0.1, -0.05) is 39.0 Å². The van der Waals surface area contributed by atoms with Crippen molar-refractivity contribution in [2.45, 2.75) is 45.4 Å². The van der Waals surface area contributed by atoms with Gasteiger partial charge < -0.3 is 20.5 Å². The molecule has 0 bridgehead atoms. The van der Waals surface area contributed by atoms with E-state index in [1.165, 1.54) is 25.7 Å². The van der Waals surface area contributed by atoms with Crippen molar-refractivity contribution in [3.8, 4) is 0 Å². The summed E-state index contributed by atoms with van der Waals surface area (Å²) < 4.78 is 5.12. The highest BCUT2D eigenvalue weighted by Crippen LogP contribution is 2.05. The lowest BCUT2D eigenvalue weighted by Crippen LogP contribution is -2.38. The Morgan fingerprint density at radius 3 is 2.39 bits per heavy atom. The number of unbranched alkanes of at least 4 members (excludes halogenated alkanes) is 5. The maximum absolute atomic E-state index is 11.2. The van der Waals surface area contributed by atoms with Crippen molar-refractivity contribution in [3.05, 3.63) is 0 Å². The molecule has 0 saturated heterocycles. The number of primary amides is 1. The van der Waals surface area contributed by atoms with Crippen molar-refractivity contribution in [1.29, 1.82) is 0 Å². The molecule has 0 radical (unpaired) electrons. The van der Waals surface area contributed by atoms with Crippen LogP contribution in [0.1, 0.15) is 45.4 Å². The van der Waals surface area contributed by atoms with Crippen LogP contribution in [0.3, 0.4) is 0 Å². The van der Waals surface area contributed by atoms with Crippen LogP contribution in [0.5, 0.6) is 0 Å². The average Bonchev–Trinajstić information content (AvgIpc) is 2.35. The number of hydrogen-bond donors (Lipinski definition) is 2. The lowest BCUT2D eigenvalue weighted by atomic mass is 10.1. The largest absolute Gasteiger partial charge is 0.394 e. The van der Waals surface area contributed by atoms with E-state index in [-0.39, 0.29) is 6.61 Å². The first-order valence-corrected chi connectivity index (χ1v) is 6.95. The zero-order valence-electron chi connectivity index (χ0n) is 11.6. The molecule has 5 nitrogen and oxygen atoms in total. The first-order chi connectivity index (χ1) is 8.72. The van der Waals surface area contributed by atoms with Crippen LogP contribution in [0.2, 0.25) is 0 Å². The zero-order valence-corrected chi connectivity index (χ0v) is 11.6. The summed E-state index contributed by atoms with van der Waals surface area (Å²) in [4.78, 5) is 12.8. The maximum Gasteiger partial charge on any atom is 0.314 e. The summed E-state index contributed by atoms with van der Waals surface area (Å²) in [5.74, 6) is 0. The fourth-order valence-corrected chi connectivity index (χ4v) is 1.76. The number of hydrogen-bond acceptors (Lipinski definition) is 3. The van der Waals surface area contributed by atoms with E-state index >= 15 is 0 Å². The predicted molar refractivity (Wildman–Crippen MR) is 72.4 cm³/mol. The van der Waals surface area contributed by atoms with Crippen LogP contribution < -0.4 is 5.73 Å². The number of carbonyl (C=O) groups excluding carboxylic acids is 1. The average molecular weight is 260 g/mol. The monoisotopic (exact) mass is 260 g/mol. The number of urea groups is 1. The van der Waals surface area contributed by atoms with Gasteiger partial charge in [-0.25, -0.2) is 4.79 Å². The Hall–Kier alpha value is -0.810. The molecule has 2 amide bonds. The molecular formula is C13H28N2O3. The maximum atomic E-state index is 11.2. The number of amides is 2. The van der Waals surface area contributed by atoms with Crippen LogP contribution in [0.4, 0.5) is 4.79 Å². The van der Waals surface area contributed by atoms with Gasteiger partial charge in [-0.2, -0.15) is 0 Å². The summed E-state index contributed by atoms with van der Waals surface area (Å²) in [6.45, 7) is 4.15. The molecule has 3 N–H and O–H groups in total. The molecule has 0 aliphatic heterocycles. The third kappa shape index (κ3) is 10.4. The van der Waals surface area contributed by atoms with E-state index in [0.717, 1.165) is 12.8 Å². The third-order valence-electron chi connectivity index (χ3n) is 2.83. The first kappa shape index (κ1) is 17.2. The Balaban J connectivity index is 3.54. The fourth-order valence-electron chi connectivity index (χ4n) is 1.76. The van der Waals surface area contributed by atoms with Crippen molar-refractivity contribution in [2.24, 2.45) is 5.73 Å². The van der Waals surface area contributed by atoms with Crippen LogP contribution in [0.25, 0.3) is 0 Å². The molecule has 5 heteroatoms. The van der Waals surface area contributed by atoms with Crippen LogP contribution in [-0.2, 0) is 4.74 Å². The number of nitrogens with two attached hydrogens (primary N) is 1. The van der Waals surface area contributed by atoms with Gasteiger partial charge in [0.2, 0.25) is 0 Å². The number of carbonyl (C=O) groups is 1. The molecule has 0 rings (SSSR count). The molecule has 108 valence electrons. The quantitative estimate of drug-likeness (QED) is 0.525. The third-order valence-corrected chi connectivity index (χ3v) is 2.83. The van der Waals surface area contributed by atoms with Crippen molar-refractivity contribution in [1.82, 2.24) is 4.90 Å². The van der Waals surface area contributed by atoms with Gasteiger partial charge in [0.15, 0.2) is 0 Å². The molecule has 0 aromatic heterocycles. The minimum Gasteiger partial charge on any atom is -0.394 e. The van der Waals surface area contributed by atoms with Crippen molar-refractivity contribution in [3.63, 3.8) is 0 Å². The molecule has 0 aromatic rings. The molecule has 0 spiro atoms. The molecule has 18 heavy (non-hydrogen) atoms. The van der Waals surface area contributed by atoms with Crippen LogP contribution in [0, 0.1) is 0 Å². The first-order valence-electron chi connectivity index (χ1n) is 6.95. The molecule has 0 aliphatic rings. The molecule has 0 fully saturated rings.